The van der Waals surface area contributed by atoms with Crippen molar-refractivity contribution in [2.45, 2.75) is 12.8 Å². The van der Waals surface area contributed by atoms with Gasteiger partial charge in [0, 0.05) is 35.6 Å². The molecule has 1 aliphatic heterocycles. The number of nitrogens with zero attached hydrogens (tertiary/aromatic N) is 2. The summed E-state index contributed by atoms with van der Waals surface area (Å²) in [6.07, 6.45) is 1.33. The third-order valence-electron chi connectivity index (χ3n) is 5.13. The lowest BCUT2D eigenvalue weighted by atomic mass is 9.95. The molecule has 1 amide bonds. The molecule has 0 atom stereocenters. The van der Waals surface area contributed by atoms with E-state index in [1.165, 1.54) is 24.3 Å². The maximum atomic E-state index is 13.9. The third kappa shape index (κ3) is 3.47. The Morgan fingerprint density at radius 3 is 2.33 bits per heavy atom. The number of fused-ring (bicyclic) bond motifs is 1. The van der Waals surface area contributed by atoms with Crippen LogP contribution in [0.25, 0.3) is 22.2 Å². The highest BCUT2D eigenvalue weighted by molar-refractivity contribution is 5.94. The van der Waals surface area contributed by atoms with Crippen LogP contribution in [0.1, 0.15) is 12.8 Å². The first-order valence-corrected chi connectivity index (χ1v) is 8.92. The first kappa shape index (κ1) is 17.4. The lowest BCUT2D eigenvalue weighted by molar-refractivity contribution is -0.122. The minimum absolute atomic E-state index is 0.123. The van der Waals surface area contributed by atoms with Crippen LogP contribution in [-0.4, -0.2) is 24.0 Å². The minimum Gasteiger partial charge on any atom is -0.371 e. The van der Waals surface area contributed by atoms with E-state index in [9.17, 15) is 13.6 Å². The lowest BCUT2D eigenvalue weighted by Gasteiger charge is -2.33. The molecule has 4 nitrogen and oxygen atoms in total. The molecule has 2 N–H and O–H groups in total. The summed E-state index contributed by atoms with van der Waals surface area (Å²) in [5, 5.41) is 0.721. The molecule has 3 aromatic rings. The third-order valence-corrected chi connectivity index (χ3v) is 5.13. The minimum atomic E-state index is -0.327. The van der Waals surface area contributed by atoms with E-state index < -0.39 is 0 Å². The topological polar surface area (TPSA) is 59.2 Å². The van der Waals surface area contributed by atoms with E-state index in [4.69, 9.17) is 5.73 Å². The first-order valence-electron chi connectivity index (χ1n) is 8.92. The number of aromatic nitrogens is 1. The summed E-state index contributed by atoms with van der Waals surface area (Å²) in [6.45, 7) is 1.32. The average molecular weight is 367 g/mol. The summed E-state index contributed by atoms with van der Waals surface area (Å²) in [5.41, 5.74) is 8.44. The van der Waals surface area contributed by atoms with E-state index in [0.717, 1.165) is 16.6 Å². The van der Waals surface area contributed by atoms with E-state index in [-0.39, 0.29) is 23.5 Å². The molecule has 0 saturated carbocycles. The molecule has 0 aliphatic carbocycles. The van der Waals surface area contributed by atoms with Crippen LogP contribution in [0.2, 0.25) is 0 Å². The molecule has 27 heavy (non-hydrogen) atoms. The second-order valence-electron chi connectivity index (χ2n) is 6.86. The molecule has 1 fully saturated rings. The number of carbonyl (C=O) groups excluding carboxylic acids is 1. The number of primary amides is 1. The van der Waals surface area contributed by atoms with Gasteiger partial charge in [-0.15, -0.1) is 0 Å². The number of hydrogen-bond donors (Lipinski definition) is 1. The Balaban J connectivity index is 1.79. The summed E-state index contributed by atoms with van der Waals surface area (Å²) >= 11 is 0. The van der Waals surface area contributed by atoms with Gasteiger partial charge in [-0.05, 0) is 61.4 Å². The zero-order valence-corrected chi connectivity index (χ0v) is 14.7. The van der Waals surface area contributed by atoms with Gasteiger partial charge in [0.05, 0.1) is 11.2 Å². The van der Waals surface area contributed by atoms with Crippen molar-refractivity contribution in [1.29, 1.82) is 0 Å². The van der Waals surface area contributed by atoms with Crippen molar-refractivity contribution in [2.75, 3.05) is 18.0 Å². The van der Waals surface area contributed by atoms with Crippen molar-refractivity contribution < 1.29 is 13.6 Å². The van der Waals surface area contributed by atoms with Gasteiger partial charge in [0.2, 0.25) is 5.91 Å². The molecule has 1 aromatic heterocycles. The molecule has 2 heterocycles. The van der Waals surface area contributed by atoms with Gasteiger partial charge in [-0.25, -0.2) is 13.8 Å². The number of amides is 1. The highest BCUT2D eigenvalue weighted by atomic mass is 19.1. The van der Waals surface area contributed by atoms with Gasteiger partial charge in [-0.1, -0.05) is 0 Å². The van der Waals surface area contributed by atoms with Crippen LogP contribution < -0.4 is 10.6 Å². The van der Waals surface area contributed by atoms with Crippen molar-refractivity contribution in [3.05, 3.63) is 60.2 Å². The van der Waals surface area contributed by atoms with Crippen LogP contribution in [0.4, 0.5) is 14.5 Å². The zero-order chi connectivity index (χ0) is 19.0. The molecular formula is C21H19F2N3O. The molecule has 0 radical (unpaired) electrons. The predicted octanol–water partition coefficient (Wildman–Crippen LogP) is 3.88. The quantitative estimate of drug-likeness (QED) is 0.764. The van der Waals surface area contributed by atoms with Gasteiger partial charge in [-0.2, -0.15) is 0 Å². The number of rotatable bonds is 3. The highest BCUT2D eigenvalue weighted by Crippen LogP contribution is 2.33. The largest absolute Gasteiger partial charge is 0.371 e. The Kier molecular flexibility index (Phi) is 4.48. The Bertz CT molecular complexity index is 996. The molecule has 2 aromatic carbocycles. The van der Waals surface area contributed by atoms with E-state index in [0.29, 0.717) is 37.1 Å². The standard InChI is InChI=1S/C21H19F2N3O/c22-15-3-1-13(2-4-15)19-12-20(17-11-16(23)5-6-18(17)25-19)26-9-7-14(8-10-26)21(24)27/h1-6,11-12,14H,7-10H2,(H2,24,27). The van der Waals surface area contributed by atoms with Crippen molar-refractivity contribution >= 4 is 22.5 Å². The van der Waals surface area contributed by atoms with Gasteiger partial charge in [0.25, 0.3) is 0 Å². The highest BCUT2D eigenvalue weighted by Gasteiger charge is 2.25. The number of nitrogens with two attached hydrogens (primary N) is 1. The smallest absolute Gasteiger partial charge is 0.220 e. The fourth-order valence-corrected chi connectivity index (χ4v) is 3.62. The van der Waals surface area contributed by atoms with Crippen molar-refractivity contribution in [3.8, 4) is 11.3 Å². The maximum Gasteiger partial charge on any atom is 0.220 e. The normalized spacial score (nSPS) is 15.3. The Morgan fingerprint density at radius 1 is 1.00 bits per heavy atom. The maximum absolute atomic E-state index is 13.9. The number of hydrogen-bond acceptors (Lipinski definition) is 3. The molecule has 0 bridgehead atoms. The summed E-state index contributed by atoms with van der Waals surface area (Å²) in [4.78, 5) is 18.2. The lowest BCUT2D eigenvalue weighted by Crippen LogP contribution is -2.38. The SMILES string of the molecule is NC(=O)C1CCN(c2cc(-c3ccc(F)cc3)nc3ccc(F)cc23)CC1. The van der Waals surface area contributed by atoms with E-state index >= 15 is 0 Å². The molecule has 0 spiro atoms. The average Bonchev–Trinajstić information content (AvgIpc) is 2.68. The van der Waals surface area contributed by atoms with Crippen molar-refractivity contribution in [2.24, 2.45) is 11.7 Å². The van der Waals surface area contributed by atoms with E-state index in [2.05, 4.69) is 9.88 Å². The number of pyridine rings is 1. The fourth-order valence-electron chi connectivity index (χ4n) is 3.62. The Labute approximate surface area is 155 Å². The van der Waals surface area contributed by atoms with Crippen LogP contribution in [0.15, 0.2) is 48.5 Å². The van der Waals surface area contributed by atoms with Crippen LogP contribution in [0, 0.1) is 17.6 Å². The Morgan fingerprint density at radius 2 is 1.67 bits per heavy atom. The monoisotopic (exact) mass is 367 g/mol. The number of carbonyl (C=O) groups is 1. The van der Waals surface area contributed by atoms with Gasteiger partial charge >= 0.3 is 0 Å². The van der Waals surface area contributed by atoms with Crippen molar-refractivity contribution in [3.63, 3.8) is 0 Å². The van der Waals surface area contributed by atoms with Crippen LogP contribution in [0.3, 0.4) is 0 Å². The molecule has 4 rings (SSSR count). The Hall–Kier alpha value is -3.02. The molecule has 138 valence electrons. The summed E-state index contributed by atoms with van der Waals surface area (Å²) in [5.74, 6) is -1.03. The molecule has 1 saturated heterocycles. The summed E-state index contributed by atoms with van der Waals surface area (Å²) < 4.78 is 27.1. The summed E-state index contributed by atoms with van der Waals surface area (Å²) in [6, 6.07) is 12.6. The molecule has 1 aliphatic rings. The van der Waals surface area contributed by atoms with Crippen LogP contribution in [0.5, 0.6) is 0 Å². The van der Waals surface area contributed by atoms with Gasteiger partial charge < -0.3 is 10.6 Å². The van der Waals surface area contributed by atoms with Gasteiger partial charge in [0.1, 0.15) is 11.6 Å². The molecular weight excluding hydrogens is 348 g/mol. The predicted molar refractivity (Wildman–Crippen MR) is 101 cm³/mol. The van der Waals surface area contributed by atoms with Crippen LogP contribution in [-0.2, 0) is 4.79 Å². The number of anilines is 1. The van der Waals surface area contributed by atoms with Gasteiger partial charge in [-0.3, -0.25) is 4.79 Å². The number of halogens is 2. The second-order valence-corrected chi connectivity index (χ2v) is 6.86. The van der Waals surface area contributed by atoms with E-state index in [1.807, 2.05) is 6.07 Å². The summed E-state index contributed by atoms with van der Waals surface area (Å²) in [7, 11) is 0. The molecule has 6 heteroatoms. The number of piperidine rings is 1. The number of benzene rings is 2. The van der Waals surface area contributed by atoms with Crippen molar-refractivity contribution in [1.82, 2.24) is 4.98 Å². The van der Waals surface area contributed by atoms with Gasteiger partial charge in [0.15, 0.2) is 0 Å². The fraction of sp³-hybridized carbons (Fsp3) is 0.238. The first-order chi connectivity index (χ1) is 13.0. The van der Waals surface area contributed by atoms with E-state index in [1.54, 1.807) is 18.2 Å². The molecule has 0 unspecified atom stereocenters. The zero-order valence-electron chi connectivity index (χ0n) is 14.7. The van der Waals surface area contributed by atoms with Crippen LogP contribution >= 0.6 is 0 Å². The second kappa shape index (κ2) is 6.95.